The molecule has 1 aliphatic rings. The molecule has 1 aliphatic carbocycles. The quantitative estimate of drug-likeness (QED) is 0.163. The molecule has 0 aromatic heterocycles. The Morgan fingerprint density at radius 3 is 1.07 bits per heavy atom. The summed E-state index contributed by atoms with van der Waals surface area (Å²) in [7, 11) is 0. The van der Waals surface area contributed by atoms with Gasteiger partial charge in [-0.15, -0.1) is 0 Å². The third-order valence-electron chi connectivity index (χ3n) is 8.77. The maximum atomic E-state index is 14.2. The van der Waals surface area contributed by atoms with E-state index in [0.29, 0.717) is 12.8 Å². The van der Waals surface area contributed by atoms with Gasteiger partial charge in [0, 0.05) is 0 Å². The molecular weight excluding hydrogens is 548 g/mol. The van der Waals surface area contributed by atoms with Crippen LogP contribution in [0.15, 0.2) is 97.1 Å². The Labute approximate surface area is 260 Å². The fraction of sp³-hybridized carbons (Fsp3) is 0.316. The first-order valence-electron chi connectivity index (χ1n) is 15.4. The van der Waals surface area contributed by atoms with Gasteiger partial charge >= 0.3 is 0 Å². The van der Waals surface area contributed by atoms with Gasteiger partial charge in [-0.25, -0.2) is 10.1 Å². The Morgan fingerprint density at radius 1 is 0.545 bits per heavy atom. The molecule has 0 aliphatic heterocycles. The number of carbonyl (C=O) groups excluding carboxylic acids is 2. The molecule has 0 spiro atoms. The van der Waals surface area contributed by atoms with Crippen molar-refractivity contribution in [2.45, 2.75) is 77.3 Å². The van der Waals surface area contributed by atoms with Crippen LogP contribution < -0.4 is 0 Å². The Morgan fingerprint density at radius 2 is 0.818 bits per heavy atom. The highest BCUT2D eigenvalue weighted by atomic mass is 16.5. The van der Waals surface area contributed by atoms with Gasteiger partial charge in [0.25, 0.3) is 11.8 Å². The van der Waals surface area contributed by atoms with E-state index in [4.69, 9.17) is 0 Å². The molecule has 6 heteroatoms. The highest BCUT2D eigenvalue weighted by Crippen LogP contribution is 2.35. The summed E-state index contributed by atoms with van der Waals surface area (Å²) in [6, 6.07) is 29.5. The van der Waals surface area contributed by atoms with Crippen molar-refractivity contribution in [3.63, 3.8) is 0 Å². The lowest BCUT2D eigenvalue weighted by molar-refractivity contribution is -0.213. The zero-order valence-electron chi connectivity index (χ0n) is 26.0. The number of aryl methyl sites for hydroxylation is 4. The van der Waals surface area contributed by atoms with Crippen molar-refractivity contribution >= 4 is 11.8 Å². The summed E-state index contributed by atoms with van der Waals surface area (Å²) in [4.78, 5) is 28.5. The first-order chi connectivity index (χ1) is 21.1. The highest BCUT2D eigenvalue weighted by molar-refractivity contribution is 5.88. The van der Waals surface area contributed by atoms with Gasteiger partial charge in [0.1, 0.15) is 0 Å². The Bertz CT molecular complexity index is 1420. The number of hydroxylamine groups is 4. The van der Waals surface area contributed by atoms with E-state index in [1.807, 2.05) is 125 Å². The van der Waals surface area contributed by atoms with Crippen molar-refractivity contribution in [1.82, 2.24) is 10.1 Å². The minimum Gasteiger partial charge on any atom is -0.286 e. The van der Waals surface area contributed by atoms with Crippen LogP contribution in [-0.2, 0) is 9.59 Å². The second-order valence-corrected chi connectivity index (χ2v) is 12.3. The largest absolute Gasteiger partial charge is 0.286 e. The Hall–Kier alpha value is -4.26. The molecule has 4 aromatic rings. The summed E-state index contributed by atoms with van der Waals surface area (Å²) >= 11 is 0. The van der Waals surface area contributed by atoms with Gasteiger partial charge in [-0.2, -0.15) is 0 Å². The summed E-state index contributed by atoms with van der Waals surface area (Å²) in [6.45, 7) is 7.90. The maximum absolute atomic E-state index is 14.2. The molecule has 2 N–H and O–H groups in total. The molecule has 1 saturated carbocycles. The zero-order chi connectivity index (χ0) is 31.4. The van der Waals surface area contributed by atoms with Crippen LogP contribution in [0.2, 0.25) is 0 Å². The van der Waals surface area contributed by atoms with Gasteiger partial charge in [0.15, 0.2) is 0 Å². The van der Waals surface area contributed by atoms with Gasteiger partial charge in [0.2, 0.25) is 0 Å². The molecule has 2 amide bonds. The predicted molar refractivity (Wildman–Crippen MR) is 172 cm³/mol. The molecule has 0 saturated heterocycles. The first-order valence-corrected chi connectivity index (χ1v) is 15.4. The average Bonchev–Trinajstić information content (AvgIpc) is 3.01. The van der Waals surface area contributed by atoms with E-state index < -0.39 is 35.7 Å². The molecule has 2 unspecified atom stereocenters. The molecule has 6 nitrogen and oxygen atoms in total. The van der Waals surface area contributed by atoms with Crippen LogP contribution in [0.3, 0.4) is 0 Å². The molecule has 4 aromatic carbocycles. The third-order valence-corrected chi connectivity index (χ3v) is 8.77. The summed E-state index contributed by atoms with van der Waals surface area (Å²) in [6.07, 6.45) is 2.47. The van der Waals surface area contributed by atoms with Gasteiger partial charge in [-0.3, -0.25) is 20.0 Å². The van der Waals surface area contributed by atoms with Gasteiger partial charge in [-0.05, 0) is 62.8 Å². The number of hydrogen-bond donors (Lipinski definition) is 2. The van der Waals surface area contributed by atoms with Crippen LogP contribution in [0.1, 0.15) is 82.0 Å². The fourth-order valence-corrected chi connectivity index (χ4v) is 6.61. The van der Waals surface area contributed by atoms with Crippen molar-refractivity contribution in [3.05, 3.63) is 142 Å². The Balaban J connectivity index is 1.48. The molecular formula is C38H42N2O4. The molecule has 0 heterocycles. The number of hydrogen-bond acceptors (Lipinski definition) is 4. The molecule has 0 bridgehead atoms. The first kappa shape index (κ1) is 31.2. The van der Waals surface area contributed by atoms with Gasteiger partial charge in [0.05, 0.1) is 23.9 Å². The number of benzene rings is 4. The second-order valence-electron chi connectivity index (χ2n) is 12.3. The minimum atomic E-state index is -0.766. The van der Waals surface area contributed by atoms with Crippen LogP contribution in [0.25, 0.3) is 0 Å². The van der Waals surface area contributed by atoms with E-state index in [2.05, 4.69) is 0 Å². The maximum Gasteiger partial charge on any atom is 0.258 e. The zero-order valence-corrected chi connectivity index (χ0v) is 26.0. The average molecular weight is 591 g/mol. The minimum absolute atomic E-state index is 0.463. The van der Waals surface area contributed by atoms with Crippen molar-refractivity contribution < 1.29 is 20.0 Å². The number of amides is 2. The molecule has 228 valence electrons. The molecule has 1 fully saturated rings. The van der Waals surface area contributed by atoms with Crippen molar-refractivity contribution in [2.24, 2.45) is 0 Å². The van der Waals surface area contributed by atoms with E-state index in [1.54, 1.807) is 0 Å². The smallest absolute Gasteiger partial charge is 0.258 e. The molecule has 2 atom stereocenters. The van der Waals surface area contributed by atoms with Crippen molar-refractivity contribution in [1.29, 1.82) is 0 Å². The summed E-state index contributed by atoms with van der Waals surface area (Å²) in [5.74, 6) is -2.43. The van der Waals surface area contributed by atoms with Crippen LogP contribution in [-0.4, -0.2) is 44.4 Å². The molecule has 0 radical (unpaired) electrons. The van der Waals surface area contributed by atoms with E-state index in [0.717, 1.165) is 67.5 Å². The van der Waals surface area contributed by atoms with E-state index in [1.165, 1.54) is 0 Å². The van der Waals surface area contributed by atoms with Crippen LogP contribution in [0, 0.1) is 27.7 Å². The molecule has 5 rings (SSSR count). The fourth-order valence-electron chi connectivity index (χ4n) is 6.61. The van der Waals surface area contributed by atoms with Crippen LogP contribution >= 0.6 is 0 Å². The lowest BCUT2D eigenvalue weighted by Crippen LogP contribution is -2.56. The number of carbonyl (C=O) groups is 2. The van der Waals surface area contributed by atoms with E-state index in [9.17, 15) is 20.0 Å². The lowest BCUT2D eigenvalue weighted by atomic mass is 9.84. The standard InChI is InChI=1S/C38H42N2O4/c1-25-11-7-15-29(21-25)35(30-16-8-12-26(2)22-30)37(41)39(43)33-19-5-6-20-34(33)40(44)38(42)36(31-17-9-13-27(3)23-31)32-18-10-14-28(4)24-32/h7-18,21-24,33-36,43-44H,5-6,19-20H2,1-4H3. The van der Waals surface area contributed by atoms with E-state index >= 15 is 0 Å². The molecule has 44 heavy (non-hydrogen) atoms. The summed E-state index contributed by atoms with van der Waals surface area (Å²) < 4.78 is 0. The lowest BCUT2D eigenvalue weighted by Gasteiger charge is -2.41. The number of rotatable bonds is 8. The SMILES string of the molecule is Cc1cccc(C(C(=O)N(O)C2CCCCC2N(O)C(=O)C(c2cccc(C)c2)c2cccc(C)c2)c2cccc(C)c2)c1. The summed E-state index contributed by atoms with van der Waals surface area (Å²) in [5, 5.41) is 24.9. The van der Waals surface area contributed by atoms with Crippen LogP contribution in [0.4, 0.5) is 0 Å². The third kappa shape index (κ3) is 6.77. The number of nitrogens with zero attached hydrogens (tertiary/aromatic N) is 2. The predicted octanol–water partition coefficient (Wildman–Crippen LogP) is 7.63. The second kappa shape index (κ2) is 13.6. The van der Waals surface area contributed by atoms with Crippen LogP contribution in [0.5, 0.6) is 0 Å². The van der Waals surface area contributed by atoms with Gasteiger partial charge in [-0.1, -0.05) is 132 Å². The van der Waals surface area contributed by atoms with Crippen molar-refractivity contribution in [3.8, 4) is 0 Å². The monoisotopic (exact) mass is 590 g/mol. The van der Waals surface area contributed by atoms with Crippen molar-refractivity contribution in [2.75, 3.05) is 0 Å². The Kier molecular flexibility index (Phi) is 9.62. The summed E-state index contributed by atoms with van der Waals surface area (Å²) in [5.41, 5.74) is 7.17. The van der Waals surface area contributed by atoms with Gasteiger partial charge < -0.3 is 0 Å². The highest BCUT2D eigenvalue weighted by Gasteiger charge is 2.42. The normalized spacial score (nSPS) is 16.6. The van der Waals surface area contributed by atoms with E-state index in [-0.39, 0.29) is 0 Å². The topological polar surface area (TPSA) is 81.1 Å².